The molecule has 1 aliphatic carbocycles. The number of nitrogens with one attached hydrogen (secondary N) is 2. The van der Waals surface area contributed by atoms with Gasteiger partial charge in [-0.3, -0.25) is 0 Å². The number of likely N-dealkylation sites (tertiary alicyclic amines) is 1. The fourth-order valence-corrected chi connectivity index (χ4v) is 3.17. The van der Waals surface area contributed by atoms with E-state index in [1.165, 1.54) is 12.8 Å². The minimum atomic E-state index is -0.650. The van der Waals surface area contributed by atoms with Crippen LogP contribution in [0.15, 0.2) is 0 Å². The van der Waals surface area contributed by atoms with Gasteiger partial charge in [-0.05, 0) is 51.5 Å². The van der Waals surface area contributed by atoms with E-state index in [1.807, 2.05) is 6.92 Å². The van der Waals surface area contributed by atoms with Crippen LogP contribution in [0.1, 0.15) is 46.0 Å². The maximum Gasteiger partial charge on any atom is 0.315 e. The van der Waals surface area contributed by atoms with Crippen LogP contribution in [0.25, 0.3) is 0 Å². The molecule has 5 heteroatoms. The molecule has 2 aliphatic rings. The van der Waals surface area contributed by atoms with Crippen LogP contribution in [0.5, 0.6) is 0 Å². The molecular formula is C15H29N3O2. The summed E-state index contributed by atoms with van der Waals surface area (Å²) >= 11 is 0. The molecule has 0 aromatic rings. The molecule has 20 heavy (non-hydrogen) atoms. The molecule has 5 nitrogen and oxygen atoms in total. The number of carbonyl (C=O) groups excluding carboxylic acids is 1. The van der Waals surface area contributed by atoms with Crippen molar-refractivity contribution in [3.05, 3.63) is 0 Å². The van der Waals surface area contributed by atoms with Crippen molar-refractivity contribution in [2.24, 2.45) is 5.92 Å². The number of carbonyl (C=O) groups is 1. The lowest BCUT2D eigenvalue weighted by Crippen LogP contribution is -2.53. The molecule has 0 aromatic carbocycles. The Hall–Kier alpha value is -0.810. The molecule has 2 atom stereocenters. The van der Waals surface area contributed by atoms with Crippen molar-refractivity contribution < 1.29 is 9.90 Å². The van der Waals surface area contributed by atoms with Gasteiger partial charge in [0.1, 0.15) is 0 Å². The molecule has 2 unspecified atom stereocenters. The number of rotatable bonds is 5. The van der Waals surface area contributed by atoms with Gasteiger partial charge in [0, 0.05) is 25.7 Å². The Kier molecular flexibility index (Phi) is 5.27. The summed E-state index contributed by atoms with van der Waals surface area (Å²) in [6, 6.07) is -0.0285. The molecule has 0 radical (unpaired) electrons. The SMILES string of the molecule is CC1CCCN(CC(C)NC(=O)NCC2(O)CCC2)C1. The van der Waals surface area contributed by atoms with E-state index < -0.39 is 5.60 Å². The van der Waals surface area contributed by atoms with Crippen molar-refractivity contribution in [2.45, 2.75) is 57.6 Å². The molecule has 1 saturated carbocycles. The van der Waals surface area contributed by atoms with Gasteiger partial charge in [-0.1, -0.05) is 6.92 Å². The number of hydrogen-bond acceptors (Lipinski definition) is 3. The van der Waals surface area contributed by atoms with Crippen molar-refractivity contribution in [3.8, 4) is 0 Å². The monoisotopic (exact) mass is 283 g/mol. The molecule has 1 saturated heterocycles. The van der Waals surface area contributed by atoms with Crippen molar-refractivity contribution in [3.63, 3.8) is 0 Å². The van der Waals surface area contributed by atoms with Crippen LogP contribution in [-0.2, 0) is 0 Å². The topological polar surface area (TPSA) is 64.6 Å². The highest BCUT2D eigenvalue weighted by Crippen LogP contribution is 2.30. The van der Waals surface area contributed by atoms with E-state index in [9.17, 15) is 9.90 Å². The molecule has 2 amide bonds. The first-order chi connectivity index (χ1) is 9.47. The number of piperidine rings is 1. The van der Waals surface area contributed by atoms with Gasteiger partial charge in [0.15, 0.2) is 0 Å². The average Bonchev–Trinajstić information content (AvgIpc) is 2.34. The lowest BCUT2D eigenvalue weighted by Gasteiger charge is -2.36. The van der Waals surface area contributed by atoms with Gasteiger partial charge >= 0.3 is 6.03 Å². The highest BCUT2D eigenvalue weighted by molar-refractivity contribution is 5.74. The van der Waals surface area contributed by atoms with Crippen LogP contribution in [-0.4, -0.2) is 53.9 Å². The predicted molar refractivity (Wildman–Crippen MR) is 79.6 cm³/mol. The second kappa shape index (κ2) is 6.76. The second-order valence-electron chi connectivity index (χ2n) is 6.81. The van der Waals surface area contributed by atoms with Gasteiger partial charge in [-0.2, -0.15) is 0 Å². The highest BCUT2D eigenvalue weighted by Gasteiger charge is 2.34. The summed E-state index contributed by atoms with van der Waals surface area (Å²) in [5, 5.41) is 15.7. The van der Waals surface area contributed by atoms with E-state index >= 15 is 0 Å². The lowest BCUT2D eigenvalue weighted by molar-refractivity contribution is -0.0290. The Morgan fingerprint density at radius 2 is 2.20 bits per heavy atom. The third-order valence-electron chi connectivity index (χ3n) is 4.51. The lowest BCUT2D eigenvalue weighted by atomic mass is 9.80. The summed E-state index contributed by atoms with van der Waals surface area (Å²) in [7, 11) is 0. The molecule has 0 aromatic heterocycles. The Morgan fingerprint density at radius 1 is 1.45 bits per heavy atom. The third-order valence-corrected chi connectivity index (χ3v) is 4.51. The van der Waals surface area contributed by atoms with Gasteiger partial charge < -0.3 is 20.6 Å². The van der Waals surface area contributed by atoms with Crippen LogP contribution < -0.4 is 10.6 Å². The summed E-state index contributed by atoms with van der Waals surface area (Å²) in [5.41, 5.74) is -0.650. The van der Waals surface area contributed by atoms with Gasteiger partial charge in [0.05, 0.1) is 5.60 Å². The first-order valence-corrected chi connectivity index (χ1v) is 7.96. The minimum absolute atomic E-state index is 0.135. The molecule has 116 valence electrons. The highest BCUT2D eigenvalue weighted by atomic mass is 16.3. The normalized spacial score (nSPS) is 27.4. The predicted octanol–water partition coefficient (Wildman–Crippen LogP) is 1.32. The van der Waals surface area contributed by atoms with E-state index in [-0.39, 0.29) is 12.1 Å². The number of nitrogens with zero attached hydrogens (tertiary/aromatic N) is 1. The van der Waals surface area contributed by atoms with Gasteiger partial charge in [-0.25, -0.2) is 4.79 Å². The number of aliphatic hydroxyl groups is 1. The molecule has 3 N–H and O–H groups in total. The zero-order chi connectivity index (χ0) is 14.6. The van der Waals surface area contributed by atoms with Crippen molar-refractivity contribution >= 4 is 6.03 Å². The van der Waals surface area contributed by atoms with Crippen LogP contribution in [0.3, 0.4) is 0 Å². The molecule has 1 aliphatic heterocycles. The number of hydrogen-bond donors (Lipinski definition) is 3. The average molecular weight is 283 g/mol. The maximum atomic E-state index is 11.8. The fraction of sp³-hybridized carbons (Fsp3) is 0.933. The van der Waals surface area contributed by atoms with Gasteiger partial charge in [-0.15, -0.1) is 0 Å². The van der Waals surface area contributed by atoms with Crippen LogP contribution in [0.4, 0.5) is 4.79 Å². The summed E-state index contributed by atoms with van der Waals surface area (Å²) in [5.74, 6) is 0.762. The smallest absolute Gasteiger partial charge is 0.315 e. The summed E-state index contributed by atoms with van der Waals surface area (Å²) in [6.45, 7) is 7.87. The van der Waals surface area contributed by atoms with Gasteiger partial charge in [0.2, 0.25) is 0 Å². The van der Waals surface area contributed by atoms with E-state index in [1.54, 1.807) is 0 Å². The summed E-state index contributed by atoms with van der Waals surface area (Å²) in [4.78, 5) is 14.2. The fourth-order valence-electron chi connectivity index (χ4n) is 3.17. The van der Waals surface area contributed by atoms with Crippen LogP contribution in [0.2, 0.25) is 0 Å². The summed E-state index contributed by atoms with van der Waals surface area (Å²) in [6.07, 6.45) is 5.23. The van der Waals surface area contributed by atoms with Crippen molar-refractivity contribution in [1.82, 2.24) is 15.5 Å². The quantitative estimate of drug-likeness (QED) is 0.713. The zero-order valence-corrected chi connectivity index (χ0v) is 12.8. The molecule has 2 fully saturated rings. The van der Waals surface area contributed by atoms with Crippen molar-refractivity contribution in [2.75, 3.05) is 26.2 Å². The van der Waals surface area contributed by atoms with E-state index in [4.69, 9.17) is 0 Å². The second-order valence-corrected chi connectivity index (χ2v) is 6.81. The van der Waals surface area contributed by atoms with Crippen LogP contribution in [0, 0.1) is 5.92 Å². The molecule has 1 heterocycles. The third kappa shape index (κ3) is 4.63. The maximum absolute atomic E-state index is 11.8. The Morgan fingerprint density at radius 3 is 2.80 bits per heavy atom. The van der Waals surface area contributed by atoms with Crippen molar-refractivity contribution in [1.29, 1.82) is 0 Å². The van der Waals surface area contributed by atoms with E-state index in [0.29, 0.717) is 6.54 Å². The standard InChI is InChI=1S/C15H29N3O2/c1-12-5-3-8-18(9-12)10-13(2)17-14(19)16-11-15(20)6-4-7-15/h12-13,20H,3-11H2,1-2H3,(H2,16,17,19). The molecule has 0 spiro atoms. The Labute approximate surface area is 122 Å². The molecule has 0 bridgehead atoms. The van der Waals surface area contributed by atoms with Crippen LogP contribution >= 0.6 is 0 Å². The number of urea groups is 1. The Balaban J connectivity index is 1.63. The minimum Gasteiger partial charge on any atom is -0.388 e. The first kappa shape index (κ1) is 15.6. The first-order valence-electron chi connectivity index (χ1n) is 7.96. The number of amides is 2. The zero-order valence-electron chi connectivity index (χ0n) is 12.8. The Bertz CT molecular complexity index is 331. The largest absolute Gasteiger partial charge is 0.388 e. The molecule has 2 rings (SSSR count). The molecular weight excluding hydrogens is 254 g/mol. The summed E-state index contributed by atoms with van der Waals surface area (Å²) < 4.78 is 0. The van der Waals surface area contributed by atoms with E-state index in [0.717, 1.165) is 44.8 Å². The van der Waals surface area contributed by atoms with Gasteiger partial charge in [0.25, 0.3) is 0 Å². The van der Waals surface area contributed by atoms with E-state index in [2.05, 4.69) is 22.5 Å².